The van der Waals surface area contributed by atoms with Crippen molar-refractivity contribution in [2.75, 3.05) is 19.6 Å². The molecule has 0 spiro atoms. The number of aliphatic carboxylic acids is 1. The highest BCUT2D eigenvalue weighted by atomic mass is 16.4. The number of nitrogens with zero attached hydrogens (tertiary/aromatic N) is 3. The maximum atomic E-state index is 12.2. The molecule has 1 aliphatic heterocycles. The molecule has 1 aromatic rings. The molecule has 2 heterocycles. The van der Waals surface area contributed by atoms with E-state index < -0.39 is 11.9 Å². The van der Waals surface area contributed by atoms with Gasteiger partial charge in [0, 0.05) is 32.4 Å². The van der Waals surface area contributed by atoms with Crippen molar-refractivity contribution in [2.24, 2.45) is 11.7 Å². The second-order valence-corrected chi connectivity index (χ2v) is 4.71. The third kappa shape index (κ3) is 3.11. The van der Waals surface area contributed by atoms with Crippen molar-refractivity contribution in [2.45, 2.75) is 19.4 Å². The molecule has 1 aliphatic rings. The van der Waals surface area contributed by atoms with Crippen LogP contribution in [0, 0.1) is 5.92 Å². The summed E-state index contributed by atoms with van der Waals surface area (Å²) in [5.41, 5.74) is 5.78. The highest BCUT2D eigenvalue weighted by Crippen LogP contribution is 2.18. The zero-order valence-electron chi connectivity index (χ0n) is 10.7. The summed E-state index contributed by atoms with van der Waals surface area (Å²) in [5, 5.41) is 9.01. The van der Waals surface area contributed by atoms with Gasteiger partial charge in [-0.1, -0.05) is 0 Å². The van der Waals surface area contributed by atoms with Crippen LogP contribution in [0.25, 0.3) is 0 Å². The minimum absolute atomic E-state index is 0.207. The van der Waals surface area contributed by atoms with E-state index in [9.17, 15) is 9.59 Å². The third-order valence-corrected chi connectivity index (χ3v) is 3.30. The van der Waals surface area contributed by atoms with Crippen LogP contribution in [0.1, 0.15) is 23.3 Å². The molecule has 0 saturated carbocycles. The molecule has 0 aliphatic carbocycles. The molecular formula is C12H18N4O3. The first-order valence-electron chi connectivity index (χ1n) is 6.35. The number of imidazole rings is 1. The van der Waals surface area contributed by atoms with Gasteiger partial charge in [-0.25, -0.2) is 4.98 Å². The number of likely N-dealkylation sites (tertiary alicyclic amines) is 1. The van der Waals surface area contributed by atoms with Crippen LogP contribution in [0.2, 0.25) is 0 Å². The Morgan fingerprint density at radius 1 is 1.53 bits per heavy atom. The van der Waals surface area contributed by atoms with Crippen LogP contribution < -0.4 is 5.73 Å². The van der Waals surface area contributed by atoms with E-state index in [0.717, 1.165) is 0 Å². The molecule has 104 valence electrons. The van der Waals surface area contributed by atoms with Gasteiger partial charge in [-0.15, -0.1) is 0 Å². The van der Waals surface area contributed by atoms with Crippen LogP contribution in [-0.2, 0) is 11.3 Å². The summed E-state index contributed by atoms with van der Waals surface area (Å²) < 4.78 is 1.76. The fourth-order valence-electron chi connectivity index (χ4n) is 2.27. The summed E-state index contributed by atoms with van der Waals surface area (Å²) in [6.07, 6.45) is 4.56. The van der Waals surface area contributed by atoms with Crippen molar-refractivity contribution >= 4 is 11.9 Å². The van der Waals surface area contributed by atoms with Crippen LogP contribution in [0.4, 0.5) is 0 Å². The molecule has 7 nitrogen and oxygen atoms in total. The quantitative estimate of drug-likeness (QED) is 0.784. The number of hydrogen-bond donors (Lipinski definition) is 2. The minimum Gasteiger partial charge on any atom is -0.481 e. The fraction of sp³-hybridized carbons (Fsp3) is 0.583. The van der Waals surface area contributed by atoms with E-state index >= 15 is 0 Å². The summed E-state index contributed by atoms with van der Waals surface area (Å²) in [6, 6.07) is 0. The number of nitrogens with two attached hydrogens (primary N) is 1. The number of carbonyl (C=O) groups excluding carboxylic acids is 1. The van der Waals surface area contributed by atoms with Gasteiger partial charge in [0.1, 0.15) is 5.69 Å². The van der Waals surface area contributed by atoms with Gasteiger partial charge in [0.25, 0.3) is 5.91 Å². The van der Waals surface area contributed by atoms with Gasteiger partial charge in [-0.05, 0) is 12.8 Å². The summed E-state index contributed by atoms with van der Waals surface area (Å²) >= 11 is 0. The average Bonchev–Trinajstić information content (AvgIpc) is 2.87. The highest BCUT2D eigenvalue weighted by Gasteiger charge is 2.29. The molecule has 1 amide bonds. The van der Waals surface area contributed by atoms with Crippen molar-refractivity contribution in [1.29, 1.82) is 0 Å². The van der Waals surface area contributed by atoms with Gasteiger partial charge in [-0.2, -0.15) is 0 Å². The Kier molecular flexibility index (Phi) is 4.16. The summed E-state index contributed by atoms with van der Waals surface area (Å²) in [5.74, 6) is -1.52. The Balaban J connectivity index is 2.03. The van der Waals surface area contributed by atoms with Gasteiger partial charge >= 0.3 is 5.97 Å². The number of carbonyl (C=O) groups is 2. The molecule has 1 unspecified atom stereocenters. The smallest absolute Gasteiger partial charge is 0.308 e. The zero-order valence-corrected chi connectivity index (χ0v) is 10.7. The van der Waals surface area contributed by atoms with Crippen LogP contribution in [0.3, 0.4) is 0 Å². The van der Waals surface area contributed by atoms with Crippen molar-refractivity contribution in [1.82, 2.24) is 14.5 Å². The van der Waals surface area contributed by atoms with Crippen molar-refractivity contribution < 1.29 is 14.7 Å². The molecule has 0 bridgehead atoms. The molecule has 1 saturated heterocycles. The topological polar surface area (TPSA) is 101 Å². The maximum Gasteiger partial charge on any atom is 0.308 e. The summed E-state index contributed by atoms with van der Waals surface area (Å²) in [6.45, 7) is 1.94. The predicted octanol–water partition coefficient (Wildman–Crippen LogP) is -0.221. The molecule has 1 aromatic heterocycles. The monoisotopic (exact) mass is 266 g/mol. The van der Waals surface area contributed by atoms with Crippen molar-refractivity contribution in [3.05, 3.63) is 18.2 Å². The third-order valence-electron chi connectivity index (χ3n) is 3.30. The summed E-state index contributed by atoms with van der Waals surface area (Å²) in [4.78, 5) is 28.8. The number of carboxylic acids is 1. The lowest BCUT2D eigenvalue weighted by molar-refractivity contribution is -0.143. The van der Waals surface area contributed by atoms with Crippen LogP contribution in [0.15, 0.2) is 12.5 Å². The van der Waals surface area contributed by atoms with Gasteiger partial charge in [0.05, 0.1) is 12.2 Å². The first-order chi connectivity index (χ1) is 9.11. The molecule has 0 radical (unpaired) electrons. The Bertz CT molecular complexity index is 471. The van der Waals surface area contributed by atoms with Crippen LogP contribution in [-0.4, -0.2) is 51.1 Å². The molecule has 3 N–H and O–H groups in total. The minimum atomic E-state index is -0.842. The number of hydrogen-bond acceptors (Lipinski definition) is 4. The average molecular weight is 266 g/mol. The normalized spacial score (nSPS) is 19.4. The van der Waals surface area contributed by atoms with Crippen LogP contribution >= 0.6 is 0 Å². The Morgan fingerprint density at radius 3 is 3.00 bits per heavy atom. The Morgan fingerprint density at radius 2 is 2.32 bits per heavy atom. The van der Waals surface area contributed by atoms with Gasteiger partial charge in [0.2, 0.25) is 0 Å². The van der Waals surface area contributed by atoms with Gasteiger partial charge in [-0.3, -0.25) is 9.59 Å². The molecule has 19 heavy (non-hydrogen) atoms. The van der Waals surface area contributed by atoms with Crippen molar-refractivity contribution in [3.8, 4) is 0 Å². The number of piperidine rings is 1. The lowest BCUT2D eigenvalue weighted by atomic mass is 9.98. The van der Waals surface area contributed by atoms with Gasteiger partial charge in [0.15, 0.2) is 0 Å². The second kappa shape index (κ2) is 5.83. The van der Waals surface area contributed by atoms with E-state index in [2.05, 4.69) is 4.98 Å². The van der Waals surface area contributed by atoms with E-state index in [1.54, 1.807) is 22.0 Å². The Hall–Kier alpha value is -1.89. The fourth-order valence-corrected chi connectivity index (χ4v) is 2.27. The standard InChI is InChI=1S/C12H18N4O3/c13-3-5-15-7-10(14-8-15)11(17)16-4-1-2-9(6-16)12(18)19/h7-9H,1-6,13H2,(H,18,19). The second-order valence-electron chi connectivity index (χ2n) is 4.71. The molecule has 7 heteroatoms. The van der Waals surface area contributed by atoms with E-state index in [-0.39, 0.29) is 12.5 Å². The maximum absolute atomic E-state index is 12.2. The van der Waals surface area contributed by atoms with Gasteiger partial charge < -0.3 is 20.3 Å². The van der Waals surface area contributed by atoms with Crippen molar-refractivity contribution in [3.63, 3.8) is 0 Å². The molecule has 0 aromatic carbocycles. The molecule has 1 fully saturated rings. The first kappa shape index (κ1) is 13.5. The molecular weight excluding hydrogens is 248 g/mol. The Labute approximate surface area is 111 Å². The predicted molar refractivity (Wildman–Crippen MR) is 67.5 cm³/mol. The SMILES string of the molecule is NCCn1cnc(C(=O)N2CCCC(C(=O)O)C2)c1. The number of aromatic nitrogens is 2. The number of rotatable bonds is 4. The largest absolute Gasteiger partial charge is 0.481 e. The van der Waals surface area contributed by atoms with E-state index in [4.69, 9.17) is 10.8 Å². The summed E-state index contributed by atoms with van der Waals surface area (Å²) in [7, 11) is 0. The lowest BCUT2D eigenvalue weighted by Gasteiger charge is -2.30. The first-order valence-corrected chi connectivity index (χ1v) is 6.35. The molecule has 1 atom stereocenters. The molecule has 2 rings (SSSR count). The number of amides is 1. The van der Waals surface area contributed by atoms with Crippen LogP contribution in [0.5, 0.6) is 0 Å². The van der Waals surface area contributed by atoms with E-state index in [1.807, 2.05) is 0 Å². The zero-order chi connectivity index (χ0) is 13.8. The highest BCUT2D eigenvalue weighted by molar-refractivity contribution is 5.92. The lowest BCUT2D eigenvalue weighted by Crippen LogP contribution is -2.42. The van der Waals surface area contributed by atoms with E-state index in [1.165, 1.54) is 0 Å². The van der Waals surface area contributed by atoms with E-state index in [0.29, 0.717) is 38.2 Å². The number of carboxylic acid groups (broad SMARTS) is 1.